The molecule has 3 nitrogen and oxygen atoms in total. The smallest absolute Gasteiger partial charge is 0.138 e. The fraction of sp³-hybridized carbons (Fsp3) is 0.0870. The average Bonchev–Trinajstić information content (AvgIpc) is 3.14. The molecule has 140 valence electrons. The number of rotatable bonds is 4. The molecule has 4 rings (SSSR count). The van der Waals surface area contributed by atoms with Gasteiger partial charge in [0, 0.05) is 45.4 Å². The summed E-state index contributed by atoms with van der Waals surface area (Å²) in [6.45, 7) is 0. The van der Waals surface area contributed by atoms with Gasteiger partial charge in [0.05, 0.1) is 11.4 Å². The van der Waals surface area contributed by atoms with Crippen molar-refractivity contribution in [3.05, 3.63) is 81.7 Å². The van der Waals surface area contributed by atoms with Gasteiger partial charge in [-0.05, 0) is 48.5 Å². The van der Waals surface area contributed by atoms with Crippen molar-refractivity contribution in [2.45, 2.75) is 0 Å². The zero-order chi connectivity index (χ0) is 19.7. The SMILES string of the molecule is CN(C)c1ccc(-c2nc(-c3ccc(Br)cc3)c(-c3ccc(Br)cc3)[nH]2)cc1. The Morgan fingerprint density at radius 1 is 0.679 bits per heavy atom. The van der Waals surface area contributed by atoms with E-state index in [1.54, 1.807) is 0 Å². The molecule has 0 fully saturated rings. The van der Waals surface area contributed by atoms with Crippen LogP contribution in [0.25, 0.3) is 33.9 Å². The Kier molecular flexibility index (Phi) is 5.38. The first kappa shape index (κ1) is 19.0. The average molecular weight is 497 g/mol. The van der Waals surface area contributed by atoms with Crippen molar-refractivity contribution in [3.8, 4) is 33.9 Å². The number of aromatic amines is 1. The van der Waals surface area contributed by atoms with Gasteiger partial charge in [0.15, 0.2) is 0 Å². The van der Waals surface area contributed by atoms with Crippen LogP contribution in [0, 0.1) is 0 Å². The summed E-state index contributed by atoms with van der Waals surface area (Å²) in [5.74, 6) is 0.862. The second-order valence-corrected chi connectivity index (χ2v) is 8.60. The number of aromatic nitrogens is 2. The Labute approximate surface area is 181 Å². The van der Waals surface area contributed by atoms with Gasteiger partial charge in [0.2, 0.25) is 0 Å². The Morgan fingerprint density at radius 2 is 1.18 bits per heavy atom. The monoisotopic (exact) mass is 495 g/mol. The highest BCUT2D eigenvalue weighted by atomic mass is 79.9. The Hall–Kier alpha value is -2.37. The van der Waals surface area contributed by atoms with Crippen LogP contribution in [-0.4, -0.2) is 24.1 Å². The predicted molar refractivity (Wildman–Crippen MR) is 125 cm³/mol. The molecule has 0 aliphatic heterocycles. The fourth-order valence-corrected chi connectivity index (χ4v) is 3.60. The van der Waals surface area contributed by atoms with E-state index in [2.05, 4.69) is 90.3 Å². The Bertz CT molecular complexity index is 1020. The molecule has 0 spiro atoms. The zero-order valence-electron chi connectivity index (χ0n) is 15.6. The lowest BCUT2D eigenvalue weighted by Crippen LogP contribution is -2.07. The molecule has 0 aliphatic carbocycles. The largest absolute Gasteiger partial charge is 0.378 e. The Morgan fingerprint density at radius 3 is 1.71 bits per heavy atom. The van der Waals surface area contributed by atoms with E-state index < -0.39 is 0 Å². The summed E-state index contributed by atoms with van der Waals surface area (Å²) in [4.78, 5) is 10.6. The number of hydrogen-bond donors (Lipinski definition) is 1. The van der Waals surface area contributed by atoms with E-state index in [0.29, 0.717) is 0 Å². The fourth-order valence-electron chi connectivity index (χ4n) is 3.07. The molecule has 4 aromatic rings. The van der Waals surface area contributed by atoms with Crippen LogP contribution in [0.1, 0.15) is 0 Å². The van der Waals surface area contributed by atoms with E-state index in [0.717, 1.165) is 48.5 Å². The van der Waals surface area contributed by atoms with E-state index in [1.165, 1.54) is 0 Å². The highest BCUT2D eigenvalue weighted by Gasteiger charge is 2.15. The quantitative estimate of drug-likeness (QED) is 0.329. The van der Waals surface area contributed by atoms with Gasteiger partial charge in [0.25, 0.3) is 0 Å². The maximum Gasteiger partial charge on any atom is 0.138 e. The van der Waals surface area contributed by atoms with Crippen LogP contribution in [0.5, 0.6) is 0 Å². The van der Waals surface area contributed by atoms with E-state index >= 15 is 0 Å². The number of imidazole rings is 1. The minimum Gasteiger partial charge on any atom is -0.378 e. The summed E-state index contributed by atoms with van der Waals surface area (Å²) in [7, 11) is 4.08. The summed E-state index contributed by atoms with van der Waals surface area (Å²) in [5.41, 5.74) is 6.37. The topological polar surface area (TPSA) is 31.9 Å². The Balaban J connectivity index is 1.83. The summed E-state index contributed by atoms with van der Waals surface area (Å²) in [6, 6.07) is 25.0. The summed E-state index contributed by atoms with van der Waals surface area (Å²) in [5, 5.41) is 0. The van der Waals surface area contributed by atoms with Crippen molar-refractivity contribution < 1.29 is 0 Å². The van der Waals surface area contributed by atoms with Crippen molar-refractivity contribution in [2.24, 2.45) is 0 Å². The van der Waals surface area contributed by atoms with E-state index in [4.69, 9.17) is 4.98 Å². The molecule has 1 heterocycles. The molecule has 0 unspecified atom stereocenters. The van der Waals surface area contributed by atoms with Gasteiger partial charge in [-0.1, -0.05) is 56.1 Å². The number of nitrogens with one attached hydrogen (secondary N) is 1. The molecule has 0 bridgehead atoms. The number of anilines is 1. The highest BCUT2D eigenvalue weighted by molar-refractivity contribution is 9.10. The number of nitrogens with zero attached hydrogens (tertiary/aromatic N) is 2. The van der Waals surface area contributed by atoms with Gasteiger partial charge in [-0.3, -0.25) is 0 Å². The molecule has 0 atom stereocenters. The molecule has 28 heavy (non-hydrogen) atoms. The molecule has 0 amide bonds. The first-order valence-electron chi connectivity index (χ1n) is 8.91. The lowest BCUT2D eigenvalue weighted by molar-refractivity contribution is 1.13. The lowest BCUT2D eigenvalue weighted by atomic mass is 10.1. The standard InChI is InChI=1S/C23H19Br2N3/c1-28(2)20-13-7-17(8-14-20)23-26-21(15-3-9-18(24)10-4-15)22(27-23)16-5-11-19(25)12-6-16/h3-14H,1-2H3,(H,26,27). The first-order chi connectivity index (χ1) is 13.5. The normalized spacial score (nSPS) is 10.9. The van der Waals surface area contributed by atoms with Crippen LogP contribution in [0.15, 0.2) is 81.7 Å². The van der Waals surface area contributed by atoms with Crippen LogP contribution in [0.4, 0.5) is 5.69 Å². The molecular formula is C23H19Br2N3. The van der Waals surface area contributed by atoms with Gasteiger partial charge in [-0.2, -0.15) is 0 Å². The van der Waals surface area contributed by atoms with Crippen LogP contribution < -0.4 is 4.90 Å². The molecular weight excluding hydrogens is 478 g/mol. The van der Waals surface area contributed by atoms with Gasteiger partial charge in [-0.15, -0.1) is 0 Å². The van der Waals surface area contributed by atoms with Crippen molar-refractivity contribution in [1.82, 2.24) is 9.97 Å². The lowest BCUT2D eigenvalue weighted by Gasteiger charge is -2.12. The minimum atomic E-state index is 0.862. The van der Waals surface area contributed by atoms with Crippen molar-refractivity contribution in [2.75, 3.05) is 19.0 Å². The van der Waals surface area contributed by atoms with Crippen LogP contribution in [0.2, 0.25) is 0 Å². The van der Waals surface area contributed by atoms with Gasteiger partial charge >= 0.3 is 0 Å². The zero-order valence-corrected chi connectivity index (χ0v) is 18.8. The van der Waals surface area contributed by atoms with Gasteiger partial charge in [-0.25, -0.2) is 4.98 Å². The molecule has 0 saturated carbocycles. The number of benzene rings is 3. The summed E-state index contributed by atoms with van der Waals surface area (Å²) in [6.07, 6.45) is 0. The third-order valence-electron chi connectivity index (χ3n) is 4.61. The maximum atomic E-state index is 4.96. The summed E-state index contributed by atoms with van der Waals surface area (Å²) >= 11 is 7.03. The third-order valence-corrected chi connectivity index (χ3v) is 5.67. The molecule has 0 aliphatic rings. The maximum absolute atomic E-state index is 4.96. The summed E-state index contributed by atoms with van der Waals surface area (Å²) < 4.78 is 2.11. The van der Waals surface area contributed by atoms with Crippen LogP contribution in [0.3, 0.4) is 0 Å². The van der Waals surface area contributed by atoms with Gasteiger partial charge in [0.1, 0.15) is 5.82 Å². The van der Waals surface area contributed by atoms with Crippen LogP contribution in [-0.2, 0) is 0 Å². The van der Waals surface area contributed by atoms with E-state index in [-0.39, 0.29) is 0 Å². The van der Waals surface area contributed by atoms with Crippen molar-refractivity contribution in [1.29, 1.82) is 0 Å². The molecule has 0 saturated heterocycles. The molecule has 1 aromatic heterocycles. The second-order valence-electron chi connectivity index (χ2n) is 6.76. The first-order valence-corrected chi connectivity index (χ1v) is 10.5. The molecule has 0 radical (unpaired) electrons. The van der Waals surface area contributed by atoms with Gasteiger partial charge < -0.3 is 9.88 Å². The molecule has 5 heteroatoms. The number of H-pyrrole nitrogens is 1. The number of hydrogen-bond acceptors (Lipinski definition) is 2. The van der Waals surface area contributed by atoms with Crippen LogP contribution >= 0.6 is 31.9 Å². The minimum absolute atomic E-state index is 0.862. The van der Waals surface area contributed by atoms with E-state index in [9.17, 15) is 0 Å². The van der Waals surface area contributed by atoms with Crippen molar-refractivity contribution in [3.63, 3.8) is 0 Å². The second kappa shape index (κ2) is 7.94. The predicted octanol–water partition coefficient (Wildman–Crippen LogP) is 7.00. The number of halogens is 2. The highest BCUT2D eigenvalue weighted by Crippen LogP contribution is 2.34. The van der Waals surface area contributed by atoms with E-state index in [1.807, 2.05) is 38.4 Å². The third kappa shape index (κ3) is 3.91. The molecule has 1 N–H and O–H groups in total. The van der Waals surface area contributed by atoms with Crippen molar-refractivity contribution >= 4 is 37.5 Å². The molecule has 3 aromatic carbocycles.